The van der Waals surface area contributed by atoms with Gasteiger partial charge in [-0.3, -0.25) is 0 Å². The highest BCUT2D eigenvalue weighted by molar-refractivity contribution is 7.95. The zero-order valence-corrected chi connectivity index (χ0v) is 29.3. The summed E-state index contributed by atoms with van der Waals surface area (Å²) in [4.78, 5) is 0. The molecule has 0 bridgehead atoms. The lowest BCUT2D eigenvalue weighted by Crippen LogP contribution is -3.00. The van der Waals surface area contributed by atoms with E-state index < -0.39 is 15.2 Å². The number of halogens is 2. The number of hydrogen-bond acceptors (Lipinski definition) is 0. The Morgan fingerprint density at radius 1 is 0.362 bits per heavy atom. The van der Waals surface area contributed by atoms with E-state index in [4.69, 9.17) is 11.6 Å². The van der Waals surface area contributed by atoms with Gasteiger partial charge in [-0.1, -0.05) is 169 Å². The lowest BCUT2D eigenvalue weighted by Gasteiger charge is -2.27. The number of rotatable bonds is 8. The van der Waals surface area contributed by atoms with Gasteiger partial charge < -0.3 is 12.4 Å². The van der Waals surface area contributed by atoms with Crippen LogP contribution in [0.1, 0.15) is 5.56 Å². The van der Waals surface area contributed by atoms with Gasteiger partial charge in [-0.05, 0) is 77.9 Å². The third-order valence-corrected chi connectivity index (χ3v) is 15.0. The van der Waals surface area contributed by atoms with Crippen LogP contribution in [0.3, 0.4) is 0 Å². The monoisotopic (exact) mass is 684 g/mol. The van der Waals surface area contributed by atoms with E-state index >= 15 is 0 Å². The van der Waals surface area contributed by atoms with Crippen LogP contribution >= 0.6 is 26.8 Å². The second-order valence-electron chi connectivity index (χ2n) is 10.9. The van der Waals surface area contributed by atoms with Crippen molar-refractivity contribution in [3.63, 3.8) is 0 Å². The maximum Gasteiger partial charge on any atom is 0.116 e. The smallest absolute Gasteiger partial charge is 0.116 e. The molecule has 0 N–H and O–H groups in total. The van der Waals surface area contributed by atoms with Gasteiger partial charge in [0.1, 0.15) is 23.2 Å². The van der Waals surface area contributed by atoms with Crippen LogP contribution in [0, 0.1) is 0 Å². The van der Waals surface area contributed by atoms with Gasteiger partial charge in [0.2, 0.25) is 0 Å². The maximum absolute atomic E-state index is 6.14. The van der Waals surface area contributed by atoms with Crippen molar-refractivity contribution in [2.45, 2.75) is 6.16 Å². The fourth-order valence-corrected chi connectivity index (χ4v) is 12.5. The molecule has 0 aliphatic carbocycles. The van der Waals surface area contributed by atoms with Crippen LogP contribution in [-0.2, 0) is 6.16 Å². The summed E-state index contributed by atoms with van der Waals surface area (Å²) in [6.45, 7) is 0. The topological polar surface area (TPSA) is 0 Å². The molecule has 0 amide bonds. The van der Waals surface area contributed by atoms with Crippen molar-refractivity contribution < 1.29 is 12.4 Å². The van der Waals surface area contributed by atoms with Crippen LogP contribution in [0.15, 0.2) is 206 Å². The van der Waals surface area contributed by atoms with Gasteiger partial charge in [-0.2, -0.15) is 0 Å². The third kappa shape index (κ3) is 8.48. The molecule has 0 spiro atoms. The summed E-state index contributed by atoms with van der Waals surface area (Å²) in [7, 11) is -2.28. The van der Waals surface area contributed by atoms with Crippen molar-refractivity contribution in [2.24, 2.45) is 0 Å². The van der Waals surface area contributed by atoms with E-state index in [0.29, 0.717) is 0 Å². The molecule has 0 aliphatic heterocycles. The second kappa shape index (κ2) is 17.2. The first kappa shape index (κ1) is 34.3. The highest BCUT2D eigenvalue weighted by Crippen LogP contribution is 2.58. The largest absolute Gasteiger partial charge is 1.00 e. The lowest BCUT2D eigenvalue weighted by molar-refractivity contribution is -0.00000868. The summed E-state index contributed by atoms with van der Waals surface area (Å²) in [6, 6.07) is 73.5. The van der Waals surface area contributed by atoms with Gasteiger partial charge in [0.15, 0.2) is 0 Å². The Kier molecular flexibility index (Phi) is 12.6. The van der Waals surface area contributed by atoms with E-state index in [-0.39, 0.29) is 12.4 Å². The molecular weight excluding hydrogens is 649 g/mol. The van der Waals surface area contributed by atoms with Crippen LogP contribution in [-0.4, -0.2) is 0 Å². The molecule has 232 valence electrons. The lowest BCUT2D eigenvalue weighted by atomic mass is 10.2. The second-order valence-corrected chi connectivity index (χ2v) is 17.1. The molecule has 0 heterocycles. The minimum atomic E-state index is -1.83. The van der Waals surface area contributed by atoms with Crippen molar-refractivity contribution in [1.29, 1.82) is 0 Å². The highest BCUT2D eigenvalue weighted by atomic mass is 35.5. The fraction of sp³-hybridized carbons (Fsp3) is 0.0233. The van der Waals surface area contributed by atoms with Gasteiger partial charge >= 0.3 is 0 Å². The van der Waals surface area contributed by atoms with E-state index in [1.807, 2.05) is 12.1 Å². The van der Waals surface area contributed by atoms with Gasteiger partial charge in [-0.25, -0.2) is 0 Å². The van der Waals surface area contributed by atoms with E-state index in [2.05, 4.69) is 194 Å². The van der Waals surface area contributed by atoms with Crippen LogP contribution in [0.25, 0.3) is 0 Å². The third-order valence-electron chi connectivity index (χ3n) is 7.97. The van der Waals surface area contributed by atoms with Crippen molar-refractivity contribution in [3.8, 4) is 0 Å². The molecule has 0 unspecified atom stereocenters. The Morgan fingerprint density at radius 3 is 0.936 bits per heavy atom. The Morgan fingerprint density at radius 2 is 0.638 bits per heavy atom. The minimum Gasteiger partial charge on any atom is -1.00 e. The minimum absolute atomic E-state index is 0. The Labute approximate surface area is 292 Å². The molecular formula is C43H36Cl2P2. The van der Waals surface area contributed by atoms with Crippen LogP contribution in [0.4, 0.5) is 0 Å². The summed E-state index contributed by atoms with van der Waals surface area (Å²) in [5, 5.41) is 9.17. The summed E-state index contributed by atoms with van der Waals surface area (Å²) in [5.41, 5.74) is 1.31. The zero-order chi connectivity index (χ0) is 31.4. The normalized spacial score (nSPS) is 10.8. The Balaban J connectivity index is 0.000000191. The molecule has 7 aromatic carbocycles. The molecule has 0 radical (unpaired) electrons. The molecule has 0 atom stereocenters. The molecule has 0 aliphatic rings. The van der Waals surface area contributed by atoms with Crippen molar-refractivity contribution in [2.75, 3.05) is 0 Å². The highest BCUT2D eigenvalue weighted by Gasteiger charge is 2.45. The number of benzene rings is 7. The Bertz CT molecular complexity index is 1700. The molecule has 0 fully saturated rings. The SMILES string of the molecule is Clc1ccc(C[P+](c2ccccc2)(c2ccccc2)c2ccccc2)cc1.[Cl-].c1ccc(P(c2ccccc2)c2ccccc2)cc1. The predicted octanol–water partition coefficient (Wildman–Crippen LogP) is 6.28. The maximum atomic E-state index is 6.14. The van der Waals surface area contributed by atoms with Gasteiger partial charge in [-0.15, -0.1) is 0 Å². The predicted molar refractivity (Wildman–Crippen MR) is 205 cm³/mol. The molecule has 0 saturated carbocycles. The molecule has 4 heteroatoms. The average Bonchev–Trinajstić information content (AvgIpc) is 3.14. The van der Waals surface area contributed by atoms with Crippen LogP contribution in [0.2, 0.25) is 5.02 Å². The Hall–Kier alpha value is -4.02. The summed E-state index contributed by atoms with van der Waals surface area (Å²) < 4.78 is 0. The van der Waals surface area contributed by atoms with Gasteiger partial charge in [0, 0.05) is 5.02 Å². The standard InChI is InChI=1S/C25H21ClP.C18H15P.ClH/c26-22-18-16-21(17-19-22)20-27(23-10-4-1-5-11-23,24-12-6-2-7-13-24)25-14-8-3-9-15-25;1-4-10-16(11-5-1)19(17-12-6-2-7-13-17)18-14-8-3-9-15-18;/h1-19H,20H2;1-15H;1H/q+1;;/p-1. The van der Waals surface area contributed by atoms with Crippen LogP contribution < -0.4 is 44.2 Å². The average molecular weight is 686 g/mol. The zero-order valence-electron chi connectivity index (χ0n) is 26.0. The van der Waals surface area contributed by atoms with E-state index in [1.165, 1.54) is 37.4 Å². The molecule has 7 aromatic rings. The van der Waals surface area contributed by atoms with Gasteiger partial charge in [0.25, 0.3) is 0 Å². The fourth-order valence-electron chi connectivity index (χ4n) is 5.81. The summed E-state index contributed by atoms with van der Waals surface area (Å²) in [6.07, 6.45) is 0.974. The summed E-state index contributed by atoms with van der Waals surface area (Å²) in [5.74, 6) is 0. The van der Waals surface area contributed by atoms with E-state index in [0.717, 1.165) is 11.2 Å². The molecule has 0 nitrogen and oxygen atoms in total. The molecule has 7 rings (SSSR count). The van der Waals surface area contributed by atoms with Crippen molar-refractivity contribution in [3.05, 3.63) is 217 Å². The van der Waals surface area contributed by atoms with Gasteiger partial charge in [0.05, 0.1) is 6.16 Å². The van der Waals surface area contributed by atoms with E-state index in [1.54, 1.807) is 0 Å². The molecule has 47 heavy (non-hydrogen) atoms. The summed E-state index contributed by atoms with van der Waals surface area (Å²) >= 11 is 6.14. The first-order chi connectivity index (χ1) is 22.7. The van der Waals surface area contributed by atoms with Crippen molar-refractivity contribution >= 4 is 58.6 Å². The molecule has 0 saturated heterocycles. The van der Waals surface area contributed by atoms with E-state index in [9.17, 15) is 0 Å². The first-order valence-corrected chi connectivity index (χ1v) is 19.2. The quantitative estimate of drug-likeness (QED) is 0.165. The first-order valence-electron chi connectivity index (χ1n) is 15.5. The van der Waals surface area contributed by atoms with Crippen LogP contribution in [0.5, 0.6) is 0 Å². The number of hydrogen-bond donors (Lipinski definition) is 0. The van der Waals surface area contributed by atoms with Crippen molar-refractivity contribution in [1.82, 2.24) is 0 Å². The molecule has 0 aromatic heterocycles.